The molecule has 14 heteroatoms. The van der Waals surface area contributed by atoms with Gasteiger partial charge in [-0.3, -0.25) is 9.36 Å². The SMILES string of the molecule is CN(C(=O)c1ccccc1-n1cnc(Cn2nc(-c3ccc(Cl)cc3)n(C[C@H](O)C(F)(F)F)c2=O)n1)C1CCCCC1. The minimum Gasteiger partial charge on any atom is -0.382 e. The first-order valence-corrected chi connectivity index (χ1v) is 13.9. The summed E-state index contributed by atoms with van der Waals surface area (Å²) >= 11 is 5.94. The van der Waals surface area contributed by atoms with Crippen molar-refractivity contribution in [1.29, 1.82) is 0 Å². The van der Waals surface area contributed by atoms with Crippen molar-refractivity contribution in [2.75, 3.05) is 7.05 Å². The summed E-state index contributed by atoms with van der Waals surface area (Å²) in [6.45, 7) is -1.31. The molecule has 0 aliphatic heterocycles. The number of aromatic nitrogens is 6. The number of carbonyl (C=O) groups excluding carboxylic acids is 1. The lowest BCUT2D eigenvalue weighted by Gasteiger charge is -2.31. The molecule has 0 unspecified atom stereocenters. The van der Waals surface area contributed by atoms with Crippen LogP contribution in [0.2, 0.25) is 5.02 Å². The molecule has 2 heterocycles. The monoisotopic (exact) mass is 603 g/mol. The molecule has 1 N–H and O–H groups in total. The molecule has 1 aliphatic carbocycles. The van der Waals surface area contributed by atoms with Crippen LogP contribution in [0.4, 0.5) is 13.2 Å². The average Bonchev–Trinajstić information content (AvgIpc) is 3.57. The van der Waals surface area contributed by atoms with Crippen LogP contribution < -0.4 is 5.69 Å². The number of alkyl halides is 3. The van der Waals surface area contributed by atoms with Gasteiger partial charge in [0.15, 0.2) is 17.8 Å². The molecule has 1 amide bonds. The molecule has 1 aliphatic rings. The third kappa shape index (κ3) is 6.26. The fourth-order valence-corrected chi connectivity index (χ4v) is 5.22. The molecular weight excluding hydrogens is 575 g/mol. The van der Waals surface area contributed by atoms with Crippen LogP contribution in [0.5, 0.6) is 0 Å². The summed E-state index contributed by atoms with van der Waals surface area (Å²) < 4.78 is 42.6. The van der Waals surface area contributed by atoms with Crippen LogP contribution in [0.1, 0.15) is 48.3 Å². The van der Waals surface area contributed by atoms with Gasteiger partial charge < -0.3 is 10.0 Å². The molecule has 2 aromatic heterocycles. The molecule has 222 valence electrons. The maximum absolute atomic E-state index is 13.4. The van der Waals surface area contributed by atoms with E-state index >= 15 is 0 Å². The average molecular weight is 604 g/mol. The highest BCUT2D eigenvalue weighted by Crippen LogP contribution is 2.26. The number of hydrogen-bond donors (Lipinski definition) is 1. The fourth-order valence-electron chi connectivity index (χ4n) is 5.10. The van der Waals surface area contributed by atoms with Crippen LogP contribution in [-0.2, 0) is 13.1 Å². The molecule has 0 saturated heterocycles. The van der Waals surface area contributed by atoms with Crippen LogP contribution in [-0.4, -0.2) is 70.4 Å². The van der Waals surface area contributed by atoms with E-state index in [0.717, 1.165) is 34.9 Å². The second-order valence-electron chi connectivity index (χ2n) is 10.3. The summed E-state index contributed by atoms with van der Waals surface area (Å²) in [5, 5.41) is 18.8. The number of para-hydroxylation sites is 1. The van der Waals surface area contributed by atoms with E-state index in [0.29, 0.717) is 21.8 Å². The van der Waals surface area contributed by atoms with Gasteiger partial charge in [0, 0.05) is 23.7 Å². The zero-order chi connectivity index (χ0) is 30.0. The molecule has 4 aromatic rings. The Kier molecular flexibility index (Phi) is 8.50. The number of rotatable bonds is 8. The van der Waals surface area contributed by atoms with Gasteiger partial charge in [0.25, 0.3) is 5.91 Å². The van der Waals surface area contributed by atoms with Crippen LogP contribution in [0, 0.1) is 0 Å². The highest BCUT2D eigenvalue weighted by Gasteiger charge is 2.39. The van der Waals surface area contributed by atoms with Gasteiger partial charge in [-0.15, -0.1) is 10.2 Å². The normalized spacial score (nSPS) is 15.1. The zero-order valence-corrected chi connectivity index (χ0v) is 23.5. The lowest BCUT2D eigenvalue weighted by molar-refractivity contribution is -0.207. The Labute approximate surface area is 244 Å². The second-order valence-corrected chi connectivity index (χ2v) is 10.7. The van der Waals surface area contributed by atoms with Gasteiger partial charge in [0.1, 0.15) is 12.9 Å². The number of benzene rings is 2. The molecule has 10 nitrogen and oxygen atoms in total. The molecule has 0 spiro atoms. The summed E-state index contributed by atoms with van der Waals surface area (Å²) in [7, 11) is 1.80. The number of carbonyl (C=O) groups is 1. The Bertz CT molecular complexity index is 1610. The second kappa shape index (κ2) is 12.1. The van der Waals surface area contributed by atoms with Gasteiger partial charge in [-0.1, -0.05) is 43.0 Å². The van der Waals surface area contributed by atoms with E-state index in [1.54, 1.807) is 36.2 Å². The fraction of sp³-hybridized carbons (Fsp3) is 0.393. The van der Waals surface area contributed by atoms with E-state index in [1.165, 1.54) is 41.7 Å². The predicted octanol–water partition coefficient (Wildman–Crippen LogP) is 4.32. The molecule has 0 bridgehead atoms. The predicted molar refractivity (Wildman–Crippen MR) is 148 cm³/mol. The lowest BCUT2D eigenvalue weighted by Crippen LogP contribution is -2.38. The van der Waals surface area contributed by atoms with Crippen molar-refractivity contribution >= 4 is 17.5 Å². The first kappa shape index (κ1) is 29.5. The number of aliphatic hydroxyl groups is 1. The minimum atomic E-state index is -4.94. The zero-order valence-electron chi connectivity index (χ0n) is 22.7. The smallest absolute Gasteiger partial charge is 0.382 e. The van der Waals surface area contributed by atoms with Crippen molar-refractivity contribution in [2.24, 2.45) is 0 Å². The van der Waals surface area contributed by atoms with E-state index in [-0.39, 0.29) is 30.1 Å². The van der Waals surface area contributed by atoms with Crippen LogP contribution in [0.25, 0.3) is 17.1 Å². The first-order chi connectivity index (χ1) is 20.0. The largest absolute Gasteiger partial charge is 0.416 e. The molecule has 42 heavy (non-hydrogen) atoms. The highest BCUT2D eigenvalue weighted by atomic mass is 35.5. The molecule has 1 saturated carbocycles. The molecule has 1 atom stereocenters. The maximum atomic E-state index is 13.4. The van der Waals surface area contributed by atoms with E-state index in [2.05, 4.69) is 15.2 Å². The lowest BCUT2D eigenvalue weighted by atomic mass is 9.94. The van der Waals surface area contributed by atoms with E-state index < -0.39 is 24.5 Å². The Morgan fingerprint density at radius 2 is 1.79 bits per heavy atom. The Morgan fingerprint density at radius 1 is 1.10 bits per heavy atom. The first-order valence-electron chi connectivity index (χ1n) is 13.5. The maximum Gasteiger partial charge on any atom is 0.416 e. The Hall–Kier alpha value is -3.97. The quantitative estimate of drug-likeness (QED) is 0.321. The van der Waals surface area contributed by atoms with Crippen molar-refractivity contribution < 1.29 is 23.1 Å². The van der Waals surface area contributed by atoms with Crippen molar-refractivity contribution in [3.05, 3.63) is 81.8 Å². The summed E-state index contributed by atoms with van der Waals surface area (Å²) in [5.74, 6) is -0.0786. The van der Waals surface area contributed by atoms with Crippen molar-refractivity contribution in [3.63, 3.8) is 0 Å². The van der Waals surface area contributed by atoms with Gasteiger partial charge in [0.2, 0.25) is 0 Å². The van der Waals surface area contributed by atoms with Crippen LogP contribution >= 0.6 is 11.6 Å². The Morgan fingerprint density at radius 3 is 2.48 bits per heavy atom. The number of halogens is 4. The topological polar surface area (TPSA) is 111 Å². The molecule has 5 rings (SSSR count). The summed E-state index contributed by atoms with van der Waals surface area (Å²) in [6.07, 6.45) is -1.07. The van der Waals surface area contributed by atoms with E-state index in [9.17, 15) is 27.9 Å². The van der Waals surface area contributed by atoms with E-state index in [1.807, 2.05) is 0 Å². The third-order valence-corrected chi connectivity index (χ3v) is 7.67. The number of hydrogen-bond acceptors (Lipinski definition) is 6. The molecule has 1 fully saturated rings. The number of amides is 1. The summed E-state index contributed by atoms with van der Waals surface area (Å²) in [5.41, 5.74) is 0.383. The highest BCUT2D eigenvalue weighted by molar-refractivity contribution is 6.30. The van der Waals surface area contributed by atoms with Gasteiger partial charge in [0.05, 0.1) is 17.8 Å². The van der Waals surface area contributed by atoms with Crippen molar-refractivity contribution in [2.45, 2.75) is 63.5 Å². The Balaban J connectivity index is 1.44. The van der Waals surface area contributed by atoms with Crippen LogP contribution in [0.3, 0.4) is 0 Å². The van der Waals surface area contributed by atoms with E-state index in [4.69, 9.17) is 11.6 Å². The summed E-state index contributed by atoms with van der Waals surface area (Å²) in [6, 6.07) is 13.2. The number of aliphatic hydroxyl groups excluding tert-OH is 1. The minimum absolute atomic E-state index is 0.0823. The van der Waals surface area contributed by atoms with Crippen LogP contribution in [0.15, 0.2) is 59.7 Å². The molecular formula is C28H29ClF3N7O3. The van der Waals surface area contributed by atoms with Crippen molar-refractivity contribution in [1.82, 2.24) is 34.0 Å². The summed E-state index contributed by atoms with van der Waals surface area (Å²) in [4.78, 5) is 32.7. The standard InChI is InChI=1S/C28H29ClF3N7O3/c1-36(20-7-3-2-4-8-20)26(41)21-9-5-6-10-22(21)39-17-33-24(34-39)16-38-27(42)37(15-23(40)28(30,31)32)25(35-38)18-11-13-19(29)14-12-18/h5-6,9-14,17,20,23,40H,2-4,7-8,15-16H2,1H3/t23-/m0/s1. The third-order valence-electron chi connectivity index (χ3n) is 7.41. The number of nitrogens with zero attached hydrogens (tertiary/aromatic N) is 7. The van der Waals surface area contributed by atoms with Gasteiger partial charge in [-0.05, 0) is 49.2 Å². The van der Waals surface area contributed by atoms with Gasteiger partial charge >= 0.3 is 11.9 Å². The van der Waals surface area contributed by atoms with Gasteiger partial charge in [-0.25, -0.2) is 19.1 Å². The molecule has 2 aromatic carbocycles. The van der Waals surface area contributed by atoms with Gasteiger partial charge in [-0.2, -0.15) is 13.2 Å². The molecule has 0 radical (unpaired) electrons. The van der Waals surface area contributed by atoms with Crippen molar-refractivity contribution in [3.8, 4) is 17.1 Å².